The van der Waals surface area contributed by atoms with E-state index in [1.54, 1.807) is 37.8 Å². The van der Waals surface area contributed by atoms with Crippen LogP contribution in [0.5, 0.6) is 5.75 Å². The van der Waals surface area contributed by atoms with Gasteiger partial charge in [0.05, 0.1) is 19.0 Å². The van der Waals surface area contributed by atoms with E-state index in [9.17, 15) is 4.79 Å². The first-order chi connectivity index (χ1) is 12.7. The highest BCUT2D eigenvalue weighted by Crippen LogP contribution is 2.25. The molecule has 0 aliphatic carbocycles. The topological polar surface area (TPSA) is 65.7 Å². The molecule has 0 atom stereocenters. The number of esters is 1. The zero-order valence-corrected chi connectivity index (χ0v) is 14.0. The second kappa shape index (κ2) is 6.68. The zero-order valence-electron chi connectivity index (χ0n) is 14.0. The Morgan fingerprint density at radius 3 is 2.65 bits per heavy atom. The van der Waals surface area contributed by atoms with Crippen molar-refractivity contribution in [1.82, 2.24) is 9.55 Å². The molecule has 6 heteroatoms. The number of carbonyl (C=O) groups excluding carboxylic acids is 1. The summed E-state index contributed by atoms with van der Waals surface area (Å²) in [6.07, 6.45) is 7.01. The van der Waals surface area contributed by atoms with E-state index in [-0.39, 0.29) is 11.6 Å². The Morgan fingerprint density at radius 2 is 1.92 bits per heavy atom. The fraction of sp³-hybridized carbons (Fsp3) is 0.0500. The molecule has 1 aromatic heterocycles. The monoisotopic (exact) mass is 345 g/mol. The summed E-state index contributed by atoms with van der Waals surface area (Å²) < 4.78 is 12.5. The molecular formula is C20H15N3O3. The van der Waals surface area contributed by atoms with E-state index < -0.39 is 5.97 Å². The van der Waals surface area contributed by atoms with E-state index >= 15 is 0 Å². The van der Waals surface area contributed by atoms with Crippen molar-refractivity contribution in [3.05, 3.63) is 84.1 Å². The van der Waals surface area contributed by atoms with Crippen molar-refractivity contribution in [2.24, 2.45) is 4.99 Å². The molecule has 1 aliphatic heterocycles. The molecule has 0 N–H and O–H groups in total. The molecule has 0 spiro atoms. The number of aromatic nitrogens is 2. The quantitative estimate of drug-likeness (QED) is 0.538. The molecule has 0 unspecified atom stereocenters. The fourth-order valence-electron chi connectivity index (χ4n) is 2.66. The van der Waals surface area contributed by atoms with Gasteiger partial charge in [0.1, 0.15) is 5.75 Å². The molecule has 128 valence electrons. The standard InChI is InChI=1S/C20H15N3O3/c1-25-18-5-3-2-4-16(18)19-22-17(20(24)26-19)12-14-6-8-15(9-7-14)23-11-10-21-13-23/h2-13H,1H3/b17-12-. The highest BCUT2D eigenvalue weighted by molar-refractivity contribution is 6.13. The van der Waals surface area contributed by atoms with Gasteiger partial charge in [0.15, 0.2) is 5.70 Å². The van der Waals surface area contributed by atoms with Crippen LogP contribution in [-0.2, 0) is 9.53 Å². The Balaban J connectivity index is 1.63. The van der Waals surface area contributed by atoms with Gasteiger partial charge in [0.25, 0.3) is 0 Å². The molecule has 0 saturated carbocycles. The third-order valence-electron chi connectivity index (χ3n) is 3.96. The summed E-state index contributed by atoms with van der Waals surface area (Å²) in [7, 11) is 1.56. The maximum absolute atomic E-state index is 12.2. The highest BCUT2D eigenvalue weighted by Gasteiger charge is 2.26. The van der Waals surface area contributed by atoms with Crippen LogP contribution in [0.1, 0.15) is 11.1 Å². The van der Waals surface area contributed by atoms with Crippen molar-refractivity contribution in [2.75, 3.05) is 7.11 Å². The molecule has 1 aliphatic rings. The van der Waals surface area contributed by atoms with Gasteiger partial charge in [0, 0.05) is 18.1 Å². The van der Waals surface area contributed by atoms with Crippen LogP contribution in [0.25, 0.3) is 11.8 Å². The van der Waals surface area contributed by atoms with Crippen LogP contribution in [0.15, 0.2) is 77.9 Å². The number of para-hydroxylation sites is 1. The normalized spacial score (nSPS) is 15.0. The molecule has 0 saturated heterocycles. The molecule has 0 bridgehead atoms. The average Bonchev–Trinajstić information content (AvgIpc) is 3.33. The van der Waals surface area contributed by atoms with Gasteiger partial charge in [-0.15, -0.1) is 0 Å². The van der Waals surface area contributed by atoms with Gasteiger partial charge in [-0.05, 0) is 35.9 Å². The molecular weight excluding hydrogens is 330 g/mol. The van der Waals surface area contributed by atoms with Crippen LogP contribution >= 0.6 is 0 Å². The number of hydrogen-bond acceptors (Lipinski definition) is 5. The Hall–Kier alpha value is -3.67. The Morgan fingerprint density at radius 1 is 1.12 bits per heavy atom. The van der Waals surface area contributed by atoms with Gasteiger partial charge in [-0.25, -0.2) is 14.8 Å². The van der Waals surface area contributed by atoms with E-state index in [0.29, 0.717) is 11.3 Å². The molecule has 2 heterocycles. The van der Waals surface area contributed by atoms with Crippen molar-refractivity contribution in [2.45, 2.75) is 0 Å². The van der Waals surface area contributed by atoms with Crippen LogP contribution in [0.3, 0.4) is 0 Å². The average molecular weight is 345 g/mol. The summed E-state index contributed by atoms with van der Waals surface area (Å²) in [5.74, 6) is 0.364. The van der Waals surface area contributed by atoms with Gasteiger partial charge < -0.3 is 14.0 Å². The van der Waals surface area contributed by atoms with E-state index in [4.69, 9.17) is 9.47 Å². The first kappa shape index (κ1) is 15.8. The fourth-order valence-corrected chi connectivity index (χ4v) is 2.66. The van der Waals surface area contributed by atoms with E-state index in [1.807, 2.05) is 47.2 Å². The second-order valence-electron chi connectivity index (χ2n) is 5.60. The first-order valence-corrected chi connectivity index (χ1v) is 7.99. The van der Waals surface area contributed by atoms with Gasteiger partial charge in [0.2, 0.25) is 5.90 Å². The second-order valence-corrected chi connectivity index (χ2v) is 5.60. The van der Waals surface area contributed by atoms with E-state index in [1.165, 1.54) is 0 Å². The molecule has 2 aromatic carbocycles. The van der Waals surface area contributed by atoms with Crippen LogP contribution in [0, 0.1) is 0 Å². The number of nitrogens with zero attached hydrogens (tertiary/aromatic N) is 3. The van der Waals surface area contributed by atoms with Crippen LogP contribution in [0.2, 0.25) is 0 Å². The van der Waals surface area contributed by atoms with Crippen molar-refractivity contribution >= 4 is 17.9 Å². The Bertz CT molecular complexity index is 1000. The third-order valence-corrected chi connectivity index (χ3v) is 3.96. The molecule has 6 nitrogen and oxygen atoms in total. The lowest BCUT2D eigenvalue weighted by atomic mass is 10.1. The molecule has 0 fully saturated rings. The van der Waals surface area contributed by atoms with Gasteiger partial charge in [-0.1, -0.05) is 24.3 Å². The maximum Gasteiger partial charge on any atom is 0.363 e. The minimum atomic E-state index is -0.482. The Kier molecular flexibility index (Phi) is 4.07. The number of imidazole rings is 1. The predicted octanol–water partition coefficient (Wildman–Crippen LogP) is 3.23. The molecule has 0 amide bonds. The zero-order chi connectivity index (χ0) is 17.9. The van der Waals surface area contributed by atoms with Crippen molar-refractivity contribution in [3.8, 4) is 11.4 Å². The number of ether oxygens (including phenoxy) is 2. The minimum absolute atomic E-state index is 0.244. The number of aliphatic imine (C=N–C) groups is 1. The molecule has 4 rings (SSSR count). The van der Waals surface area contributed by atoms with Crippen LogP contribution < -0.4 is 4.74 Å². The molecule has 3 aromatic rings. The first-order valence-electron chi connectivity index (χ1n) is 7.99. The minimum Gasteiger partial charge on any atom is -0.496 e. The smallest absolute Gasteiger partial charge is 0.363 e. The van der Waals surface area contributed by atoms with Crippen molar-refractivity contribution in [1.29, 1.82) is 0 Å². The summed E-state index contributed by atoms with van der Waals surface area (Å²) in [6.45, 7) is 0. The van der Waals surface area contributed by atoms with Gasteiger partial charge in [-0.2, -0.15) is 0 Å². The molecule has 26 heavy (non-hydrogen) atoms. The summed E-state index contributed by atoms with van der Waals surface area (Å²) in [5, 5.41) is 0. The lowest BCUT2D eigenvalue weighted by Crippen LogP contribution is -2.06. The number of hydrogen-bond donors (Lipinski definition) is 0. The van der Waals surface area contributed by atoms with Gasteiger partial charge >= 0.3 is 5.97 Å². The highest BCUT2D eigenvalue weighted by atomic mass is 16.6. The van der Waals surface area contributed by atoms with E-state index in [0.717, 1.165) is 11.3 Å². The Labute approximate surface area is 150 Å². The number of cyclic esters (lactones) is 1. The summed E-state index contributed by atoms with van der Waals surface area (Å²) in [4.78, 5) is 20.5. The maximum atomic E-state index is 12.2. The predicted molar refractivity (Wildman–Crippen MR) is 97.2 cm³/mol. The lowest BCUT2D eigenvalue weighted by molar-refractivity contribution is -0.129. The largest absolute Gasteiger partial charge is 0.496 e. The van der Waals surface area contributed by atoms with Crippen molar-refractivity contribution < 1.29 is 14.3 Å². The van der Waals surface area contributed by atoms with Crippen LogP contribution in [-0.4, -0.2) is 28.5 Å². The number of benzene rings is 2. The van der Waals surface area contributed by atoms with E-state index in [2.05, 4.69) is 9.98 Å². The lowest BCUT2D eigenvalue weighted by Gasteiger charge is -2.05. The number of methoxy groups -OCH3 is 1. The molecule has 0 radical (unpaired) electrons. The number of carbonyl (C=O) groups is 1. The van der Waals surface area contributed by atoms with Crippen molar-refractivity contribution in [3.63, 3.8) is 0 Å². The SMILES string of the molecule is COc1ccccc1C1=N/C(=C\c2ccc(-n3ccnc3)cc2)C(=O)O1. The summed E-state index contributed by atoms with van der Waals surface area (Å²) >= 11 is 0. The number of rotatable bonds is 4. The van der Waals surface area contributed by atoms with Crippen LogP contribution in [0.4, 0.5) is 0 Å². The summed E-state index contributed by atoms with van der Waals surface area (Å²) in [6, 6.07) is 15.0. The summed E-state index contributed by atoms with van der Waals surface area (Å²) in [5.41, 5.74) is 2.73. The van der Waals surface area contributed by atoms with Gasteiger partial charge in [-0.3, -0.25) is 0 Å². The third kappa shape index (κ3) is 3.00.